The summed E-state index contributed by atoms with van der Waals surface area (Å²) in [6.45, 7) is 9.74. The Balaban J connectivity index is 2.65. The van der Waals surface area contributed by atoms with Gasteiger partial charge in [-0.1, -0.05) is 13.8 Å². The summed E-state index contributed by atoms with van der Waals surface area (Å²) in [7, 11) is 0. The molecule has 1 aromatic rings. The zero-order chi connectivity index (χ0) is 13.8. The molecule has 5 heteroatoms. The number of alkyl carbamates (subject to hydrolysis) is 1. The van der Waals surface area contributed by atoms with Gasteiger partial charge < -0.3 is 15.0 Å². The number of rotatable bonds is 4. The fourth-order valence-corrected chi connectivity index (χ4v) is 1.63. The van der Waals surface area contributed by atoms with Crippen molar-refractivity contribution in [1.82, 2.24) is 15.3 Å². The van der Waals surface area contributed by atoms with Crippen molar-refractivity contribution >= 4 is 6.09 Å². The predicted molar refractivity (Wildman–Crippen MR) is 70.2 cm³/mol. The third-order valence-corrected chi connectivity index (χ3v) is 2.25. The molecule has 0 aliphatic rings. The summed E-state index contributed by atoms with van der Waals surface area (Å²) >= 11 is 0. The summed E-state index contributed by atoms with van der Waals surface area (Å²) in [6.07, 6.45) is 3.83. The fraction of sp³-hybridized carbons (Fsp3) is 0.692. The van der Waals surface area contributed by atoms with E-state index in [0.717, 1.165) is 12.2 Å². The number of H-pyrrole nitrogens is 1. The highest BCUT2D eigenvalue weighted by molar-refractivity contribution is 5.68. The molecule has 1 rings (SSSR count). The lowest BCUT2D eigenvalue weighted by molar-refractivity contribution is 0.0495. The van der Waals surface area contributed by atoms with Crippen LogP contribution in [0.2, 0.25) is 0 Å². The maximum Gasteiger partial charge on any atom is 0.408 e. The minimum atomic E-state index is -0.490. The molecular formula is C13H23N3O2. The van der Waals surface area contributed by atoms with Crippen molar-refractivity contribution in [3.63, 3.8) is 0 Å². The Morgan fingerprint density at radius 3 is 2.61 bits per heavy atom. The number of nitrogens with zero attached hydrogens (tertiary/aromatic N) is 1. The molecule has 18 heavy (non-hydrogen) atoms. The van der Waals surface area contributed by atoms with Crippen LogP contribution in [0.1, 0.15) is 52.9 Å². The molecule has 0 radical (unpaired) electrons. The van der Waals surface area contributed by atoms with Gasteiger partial charge in [0.2, 0.25) is 0 Å². The molecule has 0 bridgehead atoms. The quantitative estimate of drug-likeness (QED) is 0.866. The maximum atomic E-state index is 11.8. The van der Waals surface area contributed by atoms with Crippen LogP contribution < -0.4 is 5.32 Å². The van der Waals surface area contributed by atoms with Gasteiger partial charge in [0.05, 0.1) is 6.04 Å². The lowest BCUT2D eigenvalue weighted by Gasteiger charge is -2.23. The summed E-state index contributed by atoms with van der Waals surface area (Å²) in [6, 6.07) is -0.144. The molecular weight excluding hydrogens is 230 g/mol. The number of carbonyl (C=O) groups is 1. The molecule has 0 saturated heterocycles. The van der Waals surface area contributed by atoms with E-state index in [9.17, 15) is 4.79 Å². The summed E-state index contributed by atoms with van der Waals surface area (Å²) < 4.78 is 5.26. The van der Waals surface area contributed by atoms with Crippen LogP contribution in [-0.2, 0) is 4.74 Å². The van der Waals surface area contributed by atoms with Gasteiger partial charge in [0, 0.05) is 12.4 Å². The average molecular weight is 253 g/mol. The molecule has 5 nitrogen and oxygen atoms in total. The second-order valence-corrected chi connectivity index (χ2v) is 5.80. The Labute approximate surface area is 108 Å². The van der Waals surface area contributed by atoms with E-state index in [1.165, 1.54) is 0 Å². The van der Waals surface area contributed by atoms with Crippen LogP contribution >= 0.6 is 0 Å². The minimum absolute atomic E-state index is 0.144. The Bertz CT molecular complexity index is 366. The van der Waals surface area contributed by atoms with Crippen LogP contribution in [0, 0.1) is 5.92 Å². The Morgan fingerprint density at radius 2 is 2.17 bits per heavy atom. The highest BCUT2D eigenvalue weighted by atomic mass is 16.6. The molecule has 0 aliphatic heterocycles. The van der Waals surface area contributed by atoms with Crippen LogP contribution in [0.5, 0.6) is 0 Å². The third-order valence-electron chi connectivity index (χ3n) is 2.25. The van der Waals surface area contributed by atoms with Gasteiger partial charge in [0.25, 0.3) is 0 Å². The van der Waals surface area contributed by atoms with Gasteiger partial charge in [-0.2, -0.15) is 0 Å². The molecule has 0 aromatic carbocycles. The molecule has 0 saturated carbocycles. The van der Waals surface area contributed by atoms with E-state index in [2.05, 4.69) is 29.1 Å². The summed E-state index contributed by atoms with van der Waals surface area (Å²) in [5.41, 5.74) is -0.490. The maximum absolute atomic E-state index is 11.8. The van der Waals surface area contributed by atoms with Crippen molar-refractivity contribution in [3.8, 4) is 0 Å². The van der Waals surface area contributed by atoms with E-state index in [1.54, 1.807) is 12.4 Å². The van der Waals surface area contributed by atoms with Gasteiger partial charge >= 0.3 is 6.09 Å². The zero-order valence-electron chi connectivity index (χ0n) is 11.8. The Kier molecular flexibility index (Phi) is 4.76. The Hall–Kier alpha value is -1.52. The van der Waals surface area contributed by atoms with Gasteiger partial charge in [-0.05, 0) is 33.1 Å². The molecule has 1 unspecified atom stereocenters. The van der Waals surface area contributed by atoms with E-state index in [-0.39, 0.29) is 6.04 Å². The van der Waals surface area contributed by atoms with E-state index in [1.807, 2.05) is 20.8 Å². The van der Waals surface area contributed by atoms with Gasteiger partial charge in [-0.15, -0.1) is 0 Å². The second-order valence-electron chi connectivity index (χ2n) is 5.80. The topological polar surface area (TPSA) is 67.0 Å². The van der Waals surface area contributed by atoms with E-state index in [0.29, 0.717) is 5.92 Å². The first-order chi connectivity index (χ1) is 8.28. The lowest BCUT2D eigenvalue weighted by Crippen LogP contribution is -2.35. The first kappa shape index (κ1) is 14.5. The van der Waals surface area contributed by atoms with E-state index in [4.69, 9.17) is 4.74 Å². The van der Waals surface area contributed by atoms with Gasteiger partial charge in [-0.25, -0.2) is 9.78 Å². The van der Waals surface area contributed by atoms with Crippen LogP contribution in [-0.4, -0.2) is 21.7 Å². The second kappa shape index (κ2) is 5.89. The zero-order valence-corrected chi connectivity index (χ0v) is 11.8. The Morgan fingerprint density at radius 1 is 1.50 bits per heavy atom. The first-order valence-corrected chi connectivity index (χ1v) is 6.26. The fourth-order valence-electron chi connectivity index (χ4n) is 1.63. The highest BCUT2D eigenvalue weighted by Crippen LogP contribution is 2.18. The molecule has 2 N–H and O–H groups in total. The van der Waals surface area contributed by atoms with Crippen molar-refractivity contribution in [2.24, 2.45) is 5.92 Å². The molecule has 1 atom stereocenters. The van der Waals surface area contributed by atoms with Crippen LogP contribution in [0.15, 0.2) is 12.4 Å². The first-order valence-electron chi connectivity index (χ1n) is 6.26. The van der Waals surface area contributed by atoms with Crippen LogP contribution in [0.4, 0.5) is 4.79 Å². The molecule has 0 aliphatic carbocycles. The van der Waals surface area contributed by atoms with Crippen molar-refractivity contribution in [2.45, 2.75) is 52.7 Å². The van der Waals surface area contributed by atoms with Gasteiger partial charge in [0.15, 0.2) is 0 Å². The highest BCUT2D eigenvalue weighted by Gasteiger charge is 2.22. The van der Waals surface area contributed by atoms with Crippen molar-refractivity contribution in [2.75, 3.05) is 0 Å². The number of aromatic amines is 1. The molecule has 0 fully saturated rings. The number of hydrogen-bond acceptors (Lipinski definition) is 3. The van der Waals surface area contributed by atoms with E-state index < -0.39 is 11.7 Å². The smallest absolute Gasteiger partial charge is 0.408 e. The minimum Gasteiger partial charge on any atom is -0.444 e. The van der Waals surface area contributed by atoms with Gasteiger partial charge in [0.1, 0.15) is 11.4 Å². The number of aromatic nitrogens is 2. The normalized spacial score (nSPS) is 13.4. The van der Waals surface area contributed by atoms with Crippen molar-refractivity contribution < 1.29 is 9.53 Å². The largest absolute Gasteiger partial charge is 0.444 e. The average Bonchev–Trinajstić information content (AvgIpc) is 2.64. The predicted octanol–water partition coefficient (Wildman–Crippen LogP) is 3.02. The van der Waals surface area contributed by atoms with Crippen molar-refractivity contribution in [1.29, 1.82) is 0 Å². The third kappa shape index (κ3) is 5.21. The number of carbonyl (C=O) groups excluding carboxylic acids is 1. The number of hydrogen-bond donors (Lipinski definition) is 2. The van der Waals surface area contributed by atoms with Crippen LogP contribution in [0.3, 0.4) is 0 Å². The summed E-state index contributed by atoms with van der Waals surface area (Å²) in [4.78, 5) is 19.0. The molecule has 1 aromatic heterocycles. The van der Waals surface area contributed by atoms with Crippen molar-refractivity contribution in [3.05, 3.63) is 18.2 Å². The summed E-state index contributed by atoms with van der Waals surface area (Å²) in [5.74, 6) is 1.21. The number of ether oxygens (including phenoxy) is 1. The molecule has 1 amide bonds. The standard InChI is InChI=1S/C13H23N3O2/c1-9(2)8-10(11-14-6-7-15-11)16-12(17)18-13(3,4)5/h6-7,9-10H,8H2,1-5H3,(H,14,15)(H,16,17). The molecule has 1 heterocycles. The van der Waals surface area contributed by atoms with Gasteiger partial charge in [-0.3, -0.25) is 0 Å². The monoisotopic (exact) mass is 253 g/mol. The molecule has 0 spiro atoms. The van der Waals surface area contributed by atoms with E-state index >= 15 is 0 Å². The molecule has 102 valence electrons. The SMILES string of the molecule is CC(C)CC(NC(=O)OC(C)(C)C)c1ncc[nH]1. The summed E-state index contributed by atoms with van der Waals surface area (Å²) in [5, 5.41) is 2.85. The lowest BCUT2D eigenvalue weighted by atomic mass is 10.0. The van der Waals surface area contributed by atoms with Crippen LogP contribution in [0.25, 0.3) is 0 Å². The number of imidazole rings is 1. The number of amides is 1. The number of nitrogens with one attached hydrogen (secondary N) is 2.